The Kier molecular flexibility index (Phi) is 4.18. The van der Waals surface area contributed by atoms with E-state index in [0.29, 0.717) is 5.82 Å². The molecular formula is C16H18F2N4. The van der Waals surface area contributed by atoms with Gasteiger partial charge < -0.3 is 9.80 Å². The third-order valence-corrected chi connectivity index (χ3v) is 3.96. The summed E-state index contributed by atoms with van der Waals surface area (Å²) in [5.74, 6) is 0.578. The minimum atomic E-state index is -2.56. The van der Waals surface area contributed by atoms with Crippen LogP contribution in [0.1, 0.15) is 17.7 Å². The van der Waals surface area contributed by atoms with E-state index < -0.39 is 6.43 Å². The van der Waals surface area contributed by atoms with Crippen molar-refractivity contribution in [1.29, 1.82) is 0 Å². The smallest absolute Gasteiger partial charge is 0.280 e. The second-order valence-electron chi connectivity index (χ2n) is 5.36. The molecule has 0 bridgehead atoms. The summed E-state index contributed by atoms with van der Waals surface area (Å²) in [5.41, 5.74) is 2.27. The molecule has 0 aliphatic carbocycles. The van der Waals surface area contributed by atoms with Gasteiger partial charge in [0.15, 0.2) is 0 Å². The van der Waals surface area contributed by atoms with Crippen LogP contribution in [0.25, 0.3) is 0 Å². The molecule has 3 rings (SSSR count). The minimum Gasteiger partial charge on any atom is -0.368 e. The lowest BCUT2D eigenvalue weighted by Crippen LogP contribution is -2.47. The number of anilines is 2. The van der Waals surface area contributed by atoms with E-state index in [1.54, 1.807) is 0 Å². The molecule has 1 saturated heterocycles. The highest BCUT2D eigenvalue weighted by atomic mass is 19.3. The lowest BCUT2D eigenvalue weighted by molar-refractivity contribution is 0.146. The molecule has 0 unspecified atom stereocenters. The molecule has 0 radical (unpaired) electrons. The van der Waals surface area contributed by atoms with Gasteiger partial charge in [-0.05, 0) is 18.6 Å². The molecule has 0 spiro atoms. The van der Waals surface area contributed by atoms with E-state index in [0.717, 1.165) is 26.2 Å². The monoisotopic (exact) mass is 304 g/mol. The molecular weight excluding hydrogens is 286 g/mol. The number of alkyl halides is 2. The van der Waals surface area contributed by atoms with Gasteiger partial charge in [0.05, 0.1) is 0 Å². The number of hydrogen-bond acceptors (Lipinski definition) is 4. The SMILES string of the molecule is Cc1ccccc1N1CCN(c2cc(C(F)F)ncn2)CC1. The Morgan fingerprint density at radius 2 is 1.68 bits per heavy atom. The molecule has 1 fully saturated rings. The van der Waals surface area contributed by atoms with E-state index >= 15 is 0 Å². The third-order valence-electron chi connectivity index (χ3n) is 3.96. The van der Waals surface area contributed by atoms with Crippen LogP contribution in [-0.2, 0) is 0 Å². The molecule has 0 amide bonds. The fourth-order valence-corrected chi connectivity index (χ4v) is 2.75. The third kappa shape index (κ3) is 3.00. The van der Waals surface area contributed by atoms with E-state index in [4.69, 9.17) is 0 Å². The zero-order chi connectivity index (χ0) is 15.5. The van der Waals surface area contributed by atoms with Crippen LogP contribution in [0.2, 0.25) is 0 Å². The number of piperazine rings is 1. The van der Waals surface area contributed by atoms with Gasteiger partial charge in [0.1, 0.15) is 17.8 Å². The average molecular weight is 304 g/mol. The van der Waals surface area contributed by atoms with Crippen LogP contribution in [-0.4, -0.2) is 36.1 Å². The van der Waals surface area contributed by atoms with Crippen LogP contribution < -0.4 is 9.80 Å². The average Bonchev–Trinajstić information content (AvgIpc) is 2.56. The first-order valence-corrected chi connectivity index (χ1v) is 7.31. The Bertz CT molecular complexity index is 640. The van der Waals surface area contributed by atoms with Crippen LogP contribution in [0.15, 0.2) is 36.7 Å². The van der Waals surface area contributed by atoms with Gasteiger partial charge in [0, 0.05) is 37.9 Å². The summed E-state index contributed by atoms with van der Waals surface area (Å²) in [7, 11) is 0. The molecule has 6 heteroatoms. The van der Waals surface area contributed by atoms with Gasteiger partial charge in [0.2, 0.25) is 0 Å². The van der Waals surface area contributed by atoms with Crippen LogP contribution >= 0.6 is 0 Å². The fourth-order valence-electron chi connectivity index (χ4n) is 2.75. The lowest BCUT2D eigenvalue weighted by Gasteiger charge is -2.37. The van der Waals surface area contributed by atoms with Crippen LogP contribution in [0, 0.1) is 6.92 Å². The highest BCUT2D eigenvalue weighted by Gasteiger charge is 2.20. The zero-order valence-electron chi connectivity index (χ0n) is 12.4. The standard InChI is InChI=1S/C16H18F2N4/c1-12-4-2-3-5-14(12)21-6-8-22(9-7-21)15-10-13(16(17)18)19-11-20-15/h2-5,10-11,16H,6-9H2,1H3. The first kappa shape index (κ1) is 14.7. The molecule has 0 atom stereocenters. The predicted octanol–water partition coefficient (Wildman–Crippen LogP) is 3.05. The molecule has 2 aromatic rings. The maximum absolute atomic E-state index is 12.7. The van der Waals surface area contributed by atoms with Crippen LogP contribution in [0.4, 0.5) is 20.3 Å². The van der Waals surface area contributed by atoms with Gasteiger partial charge in [-0.1, -0.05) is 18.2 Å². The van der Waals surface area contributed by atoms with Crippen molar-refractivity contribution < 1.29 is 8.78 Å². The molecule has 1 aliphatic rings. The molecule has 116 valence electrons. The molecule has 4 nitrogen and oxygen atoms in total. The van der Waals surface area contributed by atoms with Crippen molar-refractivity contribution in [2.24, 2.45) is 0 Å². The maximum atomic E-state index is 12.7. The number of nitrogens with zero attached hydrogens (tertiary/aromatic N) is 4. The van der Waals surface area contributed by atoms with Crippen LogP contribution in [0.3, 0.4) is 0 Å². The Balaban J connectivity index is 1.69. The Morgan fingerprint density at radius 3 is 2.36 bits per heavy atom. The number of benzene rings is 1. The van der Waals surface area contributed by atoms with Gasteiger partial charge in [-0.15, -0.1) is 0 Å². The summed E-state index contributed by atoms with van der Waals surface area (Å²) in [6.45, 7) is 5.31. The highest BCUT2D eigenvalue weighted by molar-refractivity contribution is 5.54. The van der Waals surface area contributed by atoms with Gasteiger partial charge in [-0.3, -0.25) is 0 Å². The summed E-state index contributed by atoms with van der Waals surface area (Å²) in [6.07, 6.45) is -1.35. The van der Waals surface area contributed by atoms with Gasteiger partial charge in [-0.25, -0.2) is 18.7 Å². The summed E-state index contributed by atoms with van der Waals surface area (Å²) in [6, 6.07) is 9.66. The molecule has 1 aliphatic heterocycles. The molecule has 0 saturated carbocycles. The molecule has 2 heterocycles. The van der Waals surface area contributed by atoms with Crippen molar-refractivity contribution in [3.8, 4) is 0 Å². The van der Waals surface area contributed by atoms with E-state index in [1.165, 1.54) is 23.6 Å². The molecule has 1 aromatic heterocycles. The lowest BCUT2D eigenvalue weighted by atomic mass is 10.1. The molecule has 22 heavy (non-hydrogen) atoms. The van der Waals surface area contributed by atoms with Gasteiger partial charge in [-0.2, -0.15) is 0 Å². The Labute approximate surface area is 128 Å². The number of hydrogen-bond donors (Lipinski definition) is 0. The van der Waals surface area contributed by atoms with Gasteiger partial charge >= 0.3 is 0 Å². The number of aromatic nitrogens is 2. The van der Waals surface area contributed by atoms with Gasteiger partial charge in [0.25, 0.3) is 6.43 Å². The number of para-hydroxylation sites is 1. The maximum Gasteiger partial charge on any atom is 0.280 e. The van der Waals surface area contributed by atoms with Crippen molar-refractivity contribution in [2.45, 2.75) is 13.3 Å². The Hall–Kier alpha value is -2.24. The zero-order valence-corrected chi connectivity index (χ0v) is 12.4. The first-order chi connectivity index (χ1) is 10.6. The number of halogens is 2. The van der Waals surface area contributed by atoms with E-state index in [2.05, 4.69) is 33.9 Å². The topological polar surface area (TPSA) is 32.3 Å². The summed E-state index contributed by atoms with van der Waals surface area (Å²) in [5, 5.41) is 0. The normalized spacial score (nSPS) is 15.5. The predicted molar refractivity (Wildman–Crippen MR) is 82.6 cm³/mol. The van der Waals surface area contributed by atoms with Crippen molar-refractivity contribution in [1.82, 2.24) is 9.97 Å². The second-order valence-corrected chi connectivity index (χ2v) is 5.36. The number of aryl methyl sites for hydroxylation is 1. The Morgan fingerprint density at radius 1 is 1.00 bits per heavy atom. The fraction of sp³-hybridized carbons (Fsp3) is 0.375. The second kappa shape index (κ2) is 6.25. The summed E-state index contributed by atoms with van der Waals surface area (Å²) < 4.78 is 25.5. The first-order valence-electron chi connectivity index (χ1n) is 7.31. The number of rotatable bonds is 3. The summed E-state index contributed by atoms with van der Waals surface area (Å²) in [4.78, 5) is 12.1. The van der Waals surface area contributed by atoms with Crippen molar-refractivity contribution in [2.75, 3.05) is 36.0 Å². The largest absolute Gasteiger partial charge is 0.368 e. The molecule has 0 N–H and O–H groups in total. The van der Waals surface area contributed by atoms with Crippen molar-refractivity contribution in [3.05, 3.63) is 47.9 Å². The minimum absolute atomic E-state index is 0.216. The van der Waals surface area contributed by atoms with Crippen LogP contribution in [0.5, 0.6) is 0 Å². The quantitative estimate of drug-likeness (QED) is 0.872. The highest BCUT2D eigenvalue weighted by Crippen LogP contribution is 2.24. The van der Waals surface area contributed by atoms with E-state index in [1.807, 2.05) is 17.0 Å². The van der Waals surface area contributed by atoms with Crippen molar-refractivity contribution in [3.63, 3.8) is 0 Å². The van der Waals surface area contributed by atoms with E-state index in [-0.39, 0.29) is 5.69 Å². The van der Waals surface area contributed by atoms with Crippen molar-refractivity contribution >= 4 is 11.5 Å². The molecule has 1 aromatic carbocycles. The summed E-state index contributed by atoms with van der Waals surface area (Å²) >= 11 is 0. The van der Waals surface area contributed by atoms with E-state index in [9.17, 15) is 8.78 Å².